The maximum Gasteiger partial charge on any atom is 0.309 e. The minimum Gasteiger partial charge on any atom is -0.493 e. The molecule has 0 saturated heterocycles. The number of benzene rings is 1. The van der Waals surface area contributed by atoms with Gasteiger partial charge in [-0.3, -0.25) is 4.79 Å². The number of thiol groups is 1. The normalized spacial score (nSPS) is 16.1. The molecule has 1 aromatic rings. The predicted octanol–water partition coefficient (Wildman–Crippen LogP) is 2.49. The Hall–Kier alpha value is -1.16. The van der Waals surface area contributed by atoms with Crippen LogP contribution in [-0.4, -0.2) is 25.4 Å². The fraction of sp³-hybridized carbons (Fsp3) is 0.500. The first-order chi connectivity index (χ1) is 8.67. The fourth-order valence-corrected chi connectivity index (χ4v) is 2.11. The van der Waals surface area contributed by atoms with E-state index in [1.807, 2.05) is 24.3 Å². The molecule has 0 unspecified atom stereocenters. The predicted molar refractivity (Wildman–Crippen MR) is 73.2 cm³/mol. The molecular formula is C14H18O3S. The smallest absolute Gasteiger partial charge is 0.309 e. The Morgan fingerprint density at radius 1 is 1.33 bits per heavy atom. The zero-order valence-corrected chi connectivity index (χ0v) is 11.4. The summed E-state index contributed by atoms with van der Waals surface area (Å²) in [7, 11) is 1.40. The number of carbonyl (C=O) groups is 1. The number of rotatable bonds is 6. The molecule has 1 fully saturated rings. The van der Waals surface area contributed by atoms with Gasteiger partial charge in [0.2, 0.25) is 0 Å². The Labute approximate surface area is 113 Å². The molecule has 1 saturated carbocycles. The van der Waals surface area contributed by atoms with E-state index in [0.717, 1.165) is 23.7 Å². The van der Waals surface area contributed by atoms with Crippen LogP contribution in [0.5, 0.6) is 5.75 Å². The minimum absolute atomic E-state index is 0.226. The van der Waals surface area contributed by atoms with Crippen LogP contribution in [0.3, 0.4) is 0 Å². The molecule has 0 bridgehead atoms. The maximum atomic E-state index is 11.1. The average molecular weight is 266 g/mol. The number of methoxy groups -OCH3 is 1. The monoisotopic (exact) mass is 266 g/mol. The topological polar surface area (TPSA) is 35.5 Å². The second kappa shape index (κ2) is 5.65. The summed E-state index contributed by atoms with van der Waals surface area (Å²) in [6.07, 6.45) is 2.71. The highest BCUT2D eigenvalue weighted by Gasteiger charge is 2.42. The minimum atomic E-state index is -0.226. The molecular weight excluding hydrogens is 248 g/mol. The van der Waals surface area contributed by atoms with E-state index in [-0.39, 0.29) is 5.97 Å². The molecule has 0 heterocycles. The van der Waals surface area contributed by atoms with Crippen molar-refractivity contribution in [1.29, 1.82) is 0 Å². The molecule has 0 amide bonds. The Bertz CT molecular complexity index is 410. The van der Waals surface area contributed by atoms with Gasteiger partial charge in [-0.1, -0.05) is 12.1 Å². The molecule has 98 valence electrons. The van der Waals surface area contributed by atoms with E-state index in [2.05, 4.69) is 17.4 Å². The highest BCUT2D eigenvalue weighted by molar-refractivity contribution is 7.80. The van der Waals surface area contributed by atoms with Crippen molar-refractivity contribution in [3.8, 4) is 5.75 Å². The third-order valence-corrected chi connectivity index (χ3v) is 4.01. The van der Waals surface area contributed by atoms with Crippen LogP contribution in [0, 0.1) is 5.41 Å². The number of hydrogen-bond donors (Lipinski definition) is 1. The molecule has 18 heavy (non-hydrogen) atoms. The molecule has 2 rings (SSSR count). The fourth-order valence-electron chi connectivity index (χ4n) is 1.70. The van der Waals surface area contributed by atoms with Gasteiger partial charge in [0.15, 0.2) is 0 Å². The number of ether oxygens (including phenoxy) is 2. The van der Waals surface area contributed by atoms with E-state index in [4.69, 9.17) is 4.74 Å². The Kier molecular flexibility index (Phi) is 4.17. The van der Waals surface area contributed by atoms with Gasteiger partial charge < -0.3 is 9.47 Å². The van der Waals surface area contributed by atoms with Crippen LogP contribution in [0.15, 0.2) is 24.3 Å². The Morgan fingerprint density at radius 2 is 2.00 bits per heavy atom. The summed E-state index contributed by atoms with van der Waals surface area (Å²) in [6, 6.07) is 7.58. The summed E-state index contributed by atoms with van der Waals surface area (Å²) >= 11 is 4.34. The first-order valence-corrected chi connectivity index (χ1v) is 6.70. The molecule has 3 nitrogen and oxygen atoms in total. The van der Waals surface area contributed by atoms with Crippen molar-refractivity contribution in [2.45, 2.75) is 19.3 Å². The summed E-state index contributed by atoms with van der Waals surface area (Å²) in [5, 5.41) is 0. The molecule has 1 aliphatic carbocycles. The molecule has 0 N–H and O–H groups in total. The third kappa shape index (κ3) is 3.42. The van der Waals surface area contributed by atoms with Crippen molar-refractivity contribution in [3.63, 3.8) is 0 Å². The summed E-state index contributed by atoms with van der Waals surface area (Å²) in [6.45, 7) is 0.729. The third-order valence-electron chi connectivity index (χ3n) is 3.34. The van der Waals surface area contributed by atoms with Crippen molar-refractivity contribution < 1.29 is 14.3 Å². The van der Waals surface area contributed by atoms with Crippen LogP contribution in [0.4, 0.5) is 0 Å². The molecule has 4 heteroatoms. The van der Waals surface area contributed by atoms with Gasteiger partial charge in [0.05, 0.1) is 20.1 Å². The highest BCUT2D eigenvalue weighted by Crippen LogP contribution is 2.46. The van der Waals surface area contributed by atoms with Gasteiger partial charge in [-0.25, -0.2) is 0 Å². The van der Waals surface area contributed by atoms with E-state index < -0.39 is 0 Å². The van der Waals surface area contributed by atoms with Gasteiger partial charge in [0, 0.05) is 5.41 Å². The number of hydrogen-bond acceptors (Lipinski definition) is 4. The van der Waals surface area contributed by atoms with Crippen LogP contribution < -0.4 is 4.74 Å². The Balaban J connectivity index is 1.85. The number of carbonyl (C=O) groups excluding carboxylic acids is 1. The average Bonchev–Trinajstić information content (AvgIpc) is 3.18. The zero-order chi connectivity index (χ0) is 13.0. The van der Waals surface area contributed by atoms with Gasteiger partial charge in [-0.2, -0.15) is 12.6 Å². The van der Waals surface area contributed by atoms with Gasteiger partial charge >= 0.3 is 5.97 Å². The van der Waals surface area contributed by atoms with Crippen LogP contribution >= 0.6 is 12.6 Å². The van der Waals surface area contributed by atoms with Crippen LogP contribution in [-0.2, 0) is 16.0 Å². The Morgan fingerprint density at radius 3 is 2.50 bits per heavy atom. The summed E-state index contributed by atoms with van der Waals surface area (Å²) in [5.74, 6) is 1.50. The van der Waals surface area contributed by atoms with Crippen molar-refractivity contribution in [2.24, 2.45) is 5.41 Å². The molecule has 0 aromatic heterocycles. The second-order valence-electron chi connectivity index (χ2n) is 4.84. The van der Waals surface area contributed by atoms with Gasteiger partial charge in [0.1, 0.15) is 5.75 Å². The molecule has 1 aromatic carbocycles. The van der Waals surface area contributed by atoms with E-state index in [1.54, 1.807) is 0 Å². The molecule has 0 aliphatic heterocycles. The maximum absolute atomic E-state index is 11.1. The van der Waals surface area contributed by atoms with Crippen molar-refractivity contribution in [1.82, 2.24) is 0 Å². The van der Waals surface area contributed by atoms with Crippen LogP contribution in [0.1, 0.15) is 18.4 Å². The molecule has 0 radical (unpaired) electrons. The summed E-state index contributed by atoms with van der Waals surface area (Å²) < 4.78 is 10.4. The lowest BCUT2D eigenvalue weighted by molar-refractivity contribution is -0.139. The standard InChI is InChI=1S/C14H18O3S/c1-16-13(15)8-11-2-4-12(5-3-11)17-9-14(10-18)6-7-14/h2-5,18H,6-10H2,1H3. The van der Waals surface area contributed by atoms with E-state index in [9.17, 15) is 4.79 Å². The summed E-state index contributed by atoms with van der Waals surface area (Å²) in [4.78, 5) is 11.1. The first-order valence-electron chi connectivity index (χ1n) is 6.07. The molecule has 0 spiro atoms. The highest BCUT2D eigenvalue weighted by atomic mass is 32.1. The van der Waals surface area contributed by atoms with Crippen molar-refractivity contribution >= 4 is 18.6 Å². The number of esters is 1. The van der Waals surface area contributed by atoms with Crippen LogP contribution in [0.25, 0.3) is 0 Å². The first kappa shape index (κ1) is 13.3. The van der Waals surface area contributed by atoms with Gasteiger partial charge in [0.25, 0.3) is 0 Å². The quantitative estimate of drug-likeness (QED) is 0.634. The lowest BCUT2D eigenvalue weighted by Crippen LogP contribution is -2.14. The van der Waals surface area contributed by atoms with Crippen molar-refractivity contribution in [2.75, 3.05) is 19.5 Å². The molecule has 1 aliphatic rings. The zero-order valence-electron chi connectivity index (χ0n) is 10.5. The SMILES string of the molecule is COC(=O)Cc1ccc(OCC2(CS)CC2)cc1. The van der Waals surface area contributed by atoms with E-state index in [0.29, 0.717) is 11.8 Å². The lowest BCUT2D eigenvalue weighted by atomic mass is 10.1. The van der Waals surface area contributed by atoms with E-state index in [1.165, 1.54) is 20.0 Å². The summed E-state index contributed by atoms with van der Waals surface area (Å²) in [5.41, 5.74) is 1.23. The molecule has 0 atom stereocenters. The van der Waals surface area contributed by atoms with Gasteiger partial charge in [-0.15, -0.1) is 0 Å². The largest absolute Gasteiger partial charge is 0.493 e. The van der Waals surface area contributed by atoms with Crippen molar-refractivity contribution in [3.05, 3.63) is 29.8 Å². The van der Waals surface area contributed by atoms with Gasteiger partial charge in [-0.05, 0) is 36.3 Å². The lowest BCUT2D eigenvalue weighted by Gasteiger charge is -2.13. The van der Waals surface area contributed by atoms with E-state index >= 15 is 0 Å². The second-order valence-corrected chi connectivity index (χ2v) is 5.16. The van der Waals surface area contributed by atoms with Crippen LogP contribution in [0.2, 0.25) is 0 Å².